The third kappa shape index (κ3) is 6.82. The van der Waals surface area contributed by atoms with Crippen LogP contribution >= 0.6 is 0 Å². The second-order valence-electron chi connectivity index (χ2n) is 8.00. The number of aliphatic hydroxyl groups excluding tert-OH is 2. The van der Waals surface area contributed by atoms with Gasteiger partial charge in [-0.1, -0.05) is 0 Å². The highest BCUT2D eigenvalue weighted by Gasteiger charge is 2.12. The second kappa shape index (κ2) is 12.5. The monoisotopic (exact) mass is 498 g/mol. The van der Waals surface area contributed by atoms with Crippen molar-refractivity contribution < 1.29 is 34.0 Å². The summed E-state index contributed by atoms with van der Waals surface area (Å²) < 4.78 is 16.5. The smallest absolute Gasteiger partial charge is 0.193 e. The first-order valence-corrected chi connectivity index (χ1v) is 11.7. The average molecular weight is 499 g/mol. The SMILES string of the molecule is O=C(c1ccc(OCCO)cc1)c1ccc(Oc2ccc(C(=O)c3ccc(OCCO)cc3)cc2)cc1. The Kier molecular flexibility index (Phi) is 8.65. The van der Waals surface area contributed by atoms with Crippen LogP contribution in [0.1, 0.15) is 31.8 Å². The highest BCUT2D eigenvalue weighted by Crippen LogP contribution is 2.24. The molecule has 0 unspecified atom stereocenters. The highest BCUT2D eigenvalue weighted by molar-refractivity contribution is 6.09. The fourth-order valence-electron chi connectivity index (χ4n) is 3.55. The van der Waals surface area contributed by atoms with E-state index in [2.05, 4.69) is 0 Å². The molecule has 0 saturated heterocycles. The summed E-state index contributed by atoms with van der Waals surface area (Å²) in [7, 11) is 0. The standard InChI is InChI=1S/C30H26O7/c31-17-19-35-25-9-1-21(2-10-25)29(33)23-5-13-27(14-6-23)37-28-15-7-24(8-16-28)30(34)22-3-11-26(12-4-22)36-20-18-32/h1-16,31-32H,17-20H2. The van der Waals surface area contributed by atoms with Gasteiger partial charge in [-0.25, -0.2) is 0 Å². The van der Waals surface area contributed by atoms with E-state index < -0.39 is 0 Å². The number of benzene rings is 4. The molecule has 2 N–H and O–H groups in total. The molecule has 0 aliphatic carbocycles. The second-order valence-corrected chi connectivity index (χ2v) is 8.00. The van der Waals surface area contributed by atoms with Crippen LogP contribution in [0.15, 0.2) is 97.1 Å². The summed E-state index contributed by atoms with van der Waals surface area (Å²) in [5.74, 6) is 2.03. The summed E-state index contributed by atoms with van der Waals surface area (Å²) in [6.07, 6.45) is 0. The van der Waals surface area contributed by atoms with E-state index in [1.807, 2.05) is 0 Å². The Hall–Kier alpha value is -4.46. The lowest BCUT2D eigenvalue weighted by Gasteiger charge is -2.09. The first kappa shape index (κ1) is 25.6. The fraction of sp³-hybridized carbons (Fsp3) is 0.133. The number of ketones is 2. The molecule has 0 radical (unpaired) electrons. The third-order valence-corrected chi connectivity index (χ3v) is 5.42. The normalized spacial score (nSPS) is 10.5. The van der Waals surface area contributed by atoms with Crippen LogP contribution in [0.4, 0.5) is 0 Å². The van der Waals surface area contributed by atoms with Crippen LogP contribution in [0.3, 0.4) is 0 Å². The molecule has 0 saturated carbocycles. The average Bonchev–Trinajstić information content (AvgIpc) is 2.95. The van der Waals surface area contributed by atoms with Gasteiger partial charge in [-0.2, -0.15) is 0 Å². The molecule has 0 aliphatic rings. The number of aliphatic hydroxyl groups is 2. The molecule has 0 aliphatic heterocycles. The number of hydrogen-bond donors (Lipinski definition) is 2. The number of carbonyl (C=O) groups excluding carboxylic acids is 2. The molecule has 0 spiro atoms. The first-order chi connectivity index (χ1) is 18.1. The van der Waals surface area contributed by atoms with Gasteiger partial charge < -0.3 is 24.4 Å². The maximum Gasteiger partial charge on any atom is 0.193 e. The molecule has 0 amide bonds. The summed E-state index contributed by atoms with van der Waals surface area (Å²) in [4.78, 5) is 25.5. The molecule has 4 aromatic rings. The number of hydrogen-bond acceptors (Lipinski definition) is 7. The zero-order chi connectivity index (χ0) is 26.0. The molecular weight excluding hydrogens is 472 g/mol. The first-order valence-electron chi connectivity index (χ1n) is 11.7. The van der Waals surface area contributed by atoms with Crippen LogP contribution in [0.5, 0.6) is 23.0 Å². The molecule has 7 heteroatoms. The molecule has 4 aromatic carbocycles. The van der Waals surface area contributed by atoms with Crippen molar-refractivity contribution in [1.29, 1.82) is 0 Å². The number of carbonyl (C=O) groups is 2. The van der Waals surface area contributed by atoms with Gasteiger partial charge in [0.2, 0.25) is 0 Å². The molecule has 0 atom stereocenters. The van der Waals surface area contributed by atoms with Crippen LogP contribution < -0.4 is 14.2 Å². The summed E-state index contributed by atoms with van der Waals surface area (Å²) >= 11 is 0. The van der Waals surface area contributed by atoms with Gasteiger partial charge in [0.15, 0.2) is 11.6 Å². The van der Waals surface area contributed by atoms with Gasteiger partial charge in [0.25, 0.3) is 0 Å². The van der Waals surface area contributed by atoms with Crippen LogP contribution in [0.2, 0.25) is 0 Å². The van der Waals surface area contributed by atoms with Crippen molar-refractivity contribution in [3.8, 4) is 23.0 Å². The summed E-state index contributed by atoms with van der Waals surface area (Å²) in [5.41, 5.74) is 2.09. The Morgan fingerprint density at radius 2 is 0.730 bits per heavy atom. The Morgan fingerprint density at radius 3 is 1.00 bits per heavy atom. The molecule has 4 rings (SSSR count). The van der Waals surface area contributed by atoms with Crippen molar-refractivity contribution in [2.45, 2.75) is 0 Å². The van der Waals surface area contributed by atoms with Crippen LogP contribution in [0.25, 0.3) is 0 Å². The Morgan fingerprint density at radius 1 is 0.459 bits per heavy atom. The predicted octanol–water partition coefficient (Wildman–Crippen LogP) is 4.68. The van der Waals surface area contributed by atoms with Gasteiger partial charge in [-0.15, -0.1) is 0 Å². The molecular formula is C30H26O7. The number of ether oxygens (including phenoxy) is 3. The quantitative estimate of drug-likeness (QED) is 0.273. The van der Waals surface area contributed by atoms with Crippen molar-refractivity contribution in [2.24, 2.45) is 0 Å². The third-order valence-electron chi connectivity index (χ3n) is 5.42. The molecule has 7 nitrogen and oxygen atoms in total. The molecule has 37 heavy (non-hydrogen) atoms. The molecule has 0 fully saturated rings. The van der Waals surface area contributed by atoms with E-state index in [9.17, 15) is 9.59 Å². The Bertz CT molecular complexity index is 1210. The van der Waals surface area contributed by atoms with E-state index >= 15 is 0 Å². The molecule has 0 bridgehead atoms. The maximum atomic E-state index is 12.8. The molecule has 0 aromatic heterocycles. The van der Waals surface area contributed by atoms with E-state index in [-0.39, 0.29) is 38.0 Å². The van der Waals surface area contributed by atoms with Crippen LogP contribution in [0, 0.1) is 0 Å². The number of rotatable bonds is 12. The lowest BCUT2D eigenvalue weighted by molar-refractivity contribution is 0.103. The maximum absolute atomic E-state index is 12.8. The van der Waals surface area contributed by atoms with Crippen molar-refractivity contribution in [3.63, 3.8) is 0 Å². The van der Waals surface area contributed by atoms with Gasteiger partial charge in [0.05, 0.1) is 13.2 Å². The van der Waals surface area contributed by atoms with E-state index in [0.717, 1.165) is 0 Å². The van der Waals surface area contributed by atoms with Crippen molar-refractivity contribution in [1.82, 2.24) is 0 Å². The van der Waals surface area contributed by atoms with E-state index in [1.54, 1.807) is 97.1 Å². The lowest BCUT2D eigenvalue weighted by Crippen LogP contribution is -2.03. The predicted molar refractivity (Wildman–Crippen MR) is 138 cm³/mol. The molecule has 0 heterocycles. The zero-order valence-electron chi connectivity index (χ0n) is 20.0. The summed E-state index contributed by atoms with van der Waals surface area (Å²) in [5, 5.41) is 17.7. The van der Waals surface area contributed by atoms with E-state index in [1.165, 1.54) is 0 Å². The van der Waals surface area contributed by atoms with Crippen LogP contribution in [-0.2, 0) is 0 Å². The topological polar surface area (TPSA) is 102 Å². The lowest BCUT2D eigenvalue weighted by atomic mass is 10.0. The fourth-order valence-corrected chi connectivity index (χ4v) is 3.55. The largest absolute Gasteiger partial charge is 0.491 e. The summed E-state index contributed by atoms with van der Waals surface area (Å²) in [6.45, 7) is 0.249. The van der Waals surface area contributed by atoms with Gasteiger partial charge in [-0.3, -0.25) is 9.59 Å². The minimum Gasteiger partial charge on any atom is -0.491 e. The summed E-state index contributed by atoms with van der Waals surface area (Å²) in [6, 6.07) is 27.1. The Labute approximate surface area is 214 Å². The van der Waals surface area contributed by atoms with Crippen LogP contribution in [-0.4, -0.2) is 48.2 Å². The van der Waals surface area contributed by atoms with Crippen molar-refractivity contribution in [3.05, 3.63) is 119 Å². The molecule has 188 valence electrons. The minimum absolute atomic E-state index is 0.0742. The van der Waals surface area contributed by atoms with E-state index in [4.69, 9.17) is 24.4 Å². The van der Waals surface area contributed by atoms with Gasteiger partial charge in [0.1, 0.15) is 36.2 Å². The highest BCUT2D eigenvalue weighted by atomic mass is 16.5. The van der Waals surface area contributed by atoms with Gasteiger partial charge >= 0.3 is 0 Å². The van der Waals surface area contributed by atoms with Gasteiger partial charge in [0, 0.05) is 22.3 Å². The Balaban J connectivity index is 1.35. The zero-order valence-corrected chi connectivity index (χ0v) is 20.0. The van der Waals surface area contributed by atoms with E-state index in [0.29, 0.717) is 45.3 Å². The van der Waals surface area contributed by atoms with Gasteiger partial charge in [-0.05, 0) is 97.1 Å². The minimum atomic E-state index is -0.129. The van der Waals surface area contributed by atoms with Crippen molar-refractivity contribution in [2.75, 3.05) is 26.4 Å². The van der Waals surface area contributed by atoms with Crippen molar-refractivity contribution >= 4 is 11.6 Å².